The van der Waals surface area contributed by atoms with E-state index in [-0.39, 0.29) is 5.92 Å². The lowest BCUT2D eigenvalue weighted by molar-refractivity contribution is 0.202. The number of carboxylic acid groups (broad SMARTS) is 1. The average Bonchev–Trinajstić information content (AvgIpc) is 2.81. The summed E-state index contributed by atoms with van der Waals surface area (Å²) in [4.78, 5) is 17.9. The molecule has 1 aromatic heterocycles. The number of aromatic nitrogens is 1. The second-order valence-corrected chi connectivity index (χ2v) is 6.12. The first-order chi connectivity index (χ1) is 9.60. The van der Waals surface area contributed by atoms with Gasteiger partial charge in [-0.15, -0.1) is 0 Å². The van der Waals surface area contributed by atoms with Crippen molar-refractivity contribution in [3.05, 3.63) is 10.6 Å². The molecule has 2 rings (SSSR count). The van der Waals surface area contributed by atoms with Crippen LogP contribution in [0.1, 0.15) is 49.6 Å². The minimum Gasteiger partial charge on any atom is -0.465 e. The number of nitrogens with zero attached hydrogens (tertiary/aromatic N) is 3. The molecule has 2 unspecified atom stereocenters. The van der Waals surface area contributed by atoms with Crippen LogP contribution in [-0.2, 0) is 6.42 Å². The van der Waals surface area contributed by atoms with E-state index in [1.54, 1.807) is 6.92 Å². The van der Waals surface area contributed by atoms with Crippen molar-refractivity contribution in [2.24, 2.45) is 5.92 Å². The quantitative estimate of drug-likeness (QED) is 0.919. The van der Waals surface area contributed by atoms with Gasteiger partial charge in [-0.1, -0.05) is 31.1 Å². The number of carbonyl (C=O) groups is 1. The monoisotopic (exact) mass is 293 g/mol. The summed E-state index contributed by atoms with van der Waals surface area (Å²) in [5.41, 5.74) is 0.931. The Morgan fingerprint density at radius 1 is 1.60 bits per heavy atom. The van der Waals surface area contributed by atoms with Crippen LogP contribution in [0, 0.1) is 17.2 Å². The summed E-state index contributed by atoms with van der Waals surface area (Å²) in [6.45, 7) is 4.31. The molecular formula is C14H19N3O2S. The molecule has 1 heterocycles. The van der Waals surface area contributed by atoms with Gasteiger partial charge >= 0.3 is 6.09 Å². The summed E-state index contributed by atoms with van der Waals surface area (Å²) < 4.78 is 0. The number of thiazole rings is 1. The van der Waals surface area contributed by atoms with E-state index in [1.807, 2.05) is 0 Å². The molecule has 0 bridgehead atoms. The molecule has 5 nitrogen and oxygen atoms in total. The fourth-order valence-electron chi connectivity index (χ4n) is 2.77. The van der Waals surface area contributed by atoms with Gasteiger partial charge in [0, 0.05) is 11.4 Å². The predicted octanol–water partition coefficient (Wildman–Crippen LogP) is 3.62. The van der Waals surface area contributed by atoms with Gasteiger partial charge in [-0.05, 0) is 25.7 Å². The summed E-state index contributed by atoms with van der Waals surface area (Å²) in [6.07, 6.45) is 2.96. The predicted molar refractivity (Wildman–Crippen MR) is 78.2 cm³/mol. The van der Waals surface area contributed by atoms with Crippen LogP contribution in [0.3, 0.4) is 0 Å². The van der Waals surface area contributed by atoms with Gasteiger partial charge in [0.1, 0.15) is 0 Å². The van der Waals surface area contributed by atoms with Gasteiger partial charge in [-0.3, -0.25) is 4.90 Å². The van der Waals surface area contributed by atoms with E-state index in [2.05, 4.69) is 18.0 Å². The van der Waals surface area contributed by atoms with Gasteiger partial charge < -0.3 is 5.11 Å². The van der Waals surface area contributed by atoms with Crippen molar-refractivity contribution in [1.29, 1.82) is 5.26 Å². The van der Waals surface area contributed by atoms with E-state index in [9.17, 15) is 15.2 Å². The molecule has 20 heavy (non-hydrogen) atoms. The first-order valence-corrected chi connectivity index (χ1v) is 7.81. The maximum absolute atomic E-state index is 11.2. The van der Waals surface area contributed by atoms with Crippen molar-refractivity contribution >= 4 is 22.6 Å². The summed E-state index contributed by atoms with van der Waals surface area (Å²) in [5, 5.41) is 19.0. The molecule has 1 amide bonds. The molecule has 0 spiro atoms. The number of hydrogen-bond acceptors (Lipinski definition) is 4. The summed E-state index contributed by atoms with van der Waals surface area (Å²) in [6, 6.07) is 2.35. The highest BCUT2D eigenvalue weighted by molar-refractivity contribution is 7.16. The zero-order chi connectivity index (χ0) is 14.7. The van der Waals surface area contributed by atoms with E-state index >= 15 is 0 Å². The van der Waals surface area contributed by atoms with Gasteiger partial charge in [0.05, 0.1) is 17.7 Å². The van der Waals surface area contributed by atoms with Crippen molar-refractivity contribution in [3.63, 3.8) is 0 Å². The van der Waals surface area contributed by atoms with Gasteiger partial charge in [0.2, 0.25) is 0 Å². The maximum atomic E-state index is 11.2. The van der Waals surface area contributed by atoms with Gasteiger partial charge in [-0.2, -0.15) is 5.26 Å². The Bertz CT molecular complexity index is 535. The molecule has 2 atom stereocenters. The normalized spacial score (nSPS) is 21.1. The number of nitriles is 1. The zero-order valence-electron chi connectivity index (χ0n) is 11.8. The number of anilines is 1. The molecule has 1 aromatic rings. The summed E-state index contributed by atoms with van der Waals surface area (Å²) >= 11 is 1.36. The Kier molecular flexibility index (Phi) is 4.61. The Balaban J connectivity index is 2.32. The van der Waals surface area contributed by atoms with Crippen LogP contribution >= 0.6 is 11.3 Å². The molecule has 1 aliphatic carbocycles. The van der Waals surface area contributed by atoms with E-state index < -0.39 is 6.09 Å². The summed E-state index contributed by atoms with van der Waals surface area (Å²) in [7, 11) is 0. The van der Waals surface area contributed by atoms with Crippen molar-refractivity contribution < 1.29 is 9.90 Å². The highest BCUT2D eigenvalue weighted by Crippen LogP contribution is 2.41. The van der Waals surface area contributed by atoms with Crippen LogP contribution < -0.4 is 4.90 Å². The molecule has 0 saturated heterocycles. The molecule has 0 saturated carbocycles. The molecule has 0 aromatic carbocycles. The fourth-order valence-corrected chi connectivity index (χ4v) is 3.98. The number of hydrogen-bond donors (Lipinski definition) is 1. The lowest BCUT2D eigenvalue weighted by atomic mass is 9.82. The van der Waals surface area contributed by atoms with E-state index in [0.717, 1.165) is 36.3 Å². The maximum Gasteiger partial charge on any atom is 0.413 e. The topological polar surface area (TPSA) is 77.2 Å². The number of rotatable bonds is 4. The van der Waals surface area contributed by atoms with Gasteiger partial charge in [0.25, 0.3) is 0 Å². The zero-order valence-corrected chi connectivity index (χ0v) is 12.6. The number of fused-ring (bicyclic) bond motifs is 1. The molecule has 0 fully saturated rings. The first-order valence-electron chi connectivity index (χ1n) is 7.00. The minimum atomic E-state index is -0.989. The third-order valence-electron chi connectivity index (χ3n) is 3.71. The standard InChI is InChI=1S/C14H19N3O2S/c1-3-5-9-6-10(8-15)12-11(7-9)16-13(20-12)17(4-2)14(18)19/h9-10H,3-7H2,1-2H3,(H,18,19). The molecule has 108 valence electrons. The minimum absolute atomic E-state index is 0.131. The van der Waals surface area contributed by atoms with Crippen LogP contribution in [-0.4, -0.2) is 22.7 Å². The average molecular weight is 293 g/mol. The van der Waals surface area contributed by atoms with Crippen molar-refractivity contribution in [2.45, 2.75) is 45.4 Å². The molecule has 6 heteroatoms. The third-order valence-corrected chi connectivity index (χ3v) is 4.95. The molecular weight excluding hydrogens is 274 g/mol. The Labute approximate surface area is 122 Å². The lowest BCUT2D eigenvalue weighted by Crippen LogP contribution is -2.28. The SMILES string of the molecule is CCCC1Cc2nc(N(CC)C(=O)O)sc2C(C#N)C1. The van der Waals surface area contributed by atoms with E-state index in [4.69, 9.17) is 0 Å². The molecule has 1 N–H and O–H groups in total. The summed E-state index contributed by atoms with van der Waals surface area (Å²) in [5.74, 6) is 0.362. The van der Waals surface area contributed by atoms with Crippen LogP contribution in [0.25, 0.3) is 0 Å². The van der Waals surface area contributed by atoms with Crippen LogP contribution in [0.4, 0.5) is 9.93 Å². The Hall–Kier alpha value is -1.61. The molecule has 1 aliphatic rings. The lowest BCUT2D eigenvalue weighted by Gasteiger charge is -2.23. The van der Waals surface area contributed by atoms with Crippen LogP contribution in [0.15, 0.2) is 0 Å². The highest BCUT2D eigenvalue weighted by atomic mass is 32.1. The smallest absolute Gasteiger partial charge is 0.413 e. The van der Waals surface area contributed by atoms with Crippen molar-refractivity contribution in [1.82, 2.24) is 4.98 Å². The number of amides is 1. The van der Waals surface area contributed by atoms with Crippen LogP contribution in [0.5, 0.6) is 0 Å². The second-order valence-electron chi connectivity index (χ2n) is 5.11. The Morgan fingerprint density at radius 2 is 2.35 bits per heavy atom. The van der Waals surface area contributed by atoms with Gasteiger partial charge in [0.15, 0.2) is 5.13 Å². The molecule has 0 radical (unpaired) electrons. The van der Waals surface area contributed by atoms with E-state index in [0.29, 0.717) is 17.6 Å². The second kappa shape index (κ2) is 6.23. The van der Waals surface area contributed by atoms with Crippen LogP contribution in [0.2, 0.25) is 0 Å². The largest absolute Gasteiger partial charge is 0.465 e. The third kappa shape index (κ3) is 2.78. The van der Waals surface area contributed by atoms with E-state index in [1.165, 1.54) is 16.2 Å². The van der Waals surface area contributed by atoms with Crippen molar-refractivity contribution in [3.8, 4) is 6.07 Å². The van der Waals surface area contributed by atoms with Gasteiger partial charge in [-0.25, -0.2) is 9.78 Å². The first kappa shape index (κ1) is 14.8. The van der Waals surface area contributed by atoms with Crippen molar-refractivity contribution in [2.75, 3.05) is 11.4 Å². The molecule has 0 aliphatic heterocycles. The Morgan fingerprint density at radius 3 is 2.90 bits per heavy atom. The fraction of sp³-hybridized carbons (Fsp3) is 0.643. The highest BCUT2D eigenvalue weighted by Gasteiger charge is 2.31.